The van der Waals surface area contributed by atoms with Crippen LogP contribution in [0.3, 0.4) is 0 Å². The van der Waals surface area contributed by atoms with E-state index < -0.39 is 6.10 Å². The third kappa shape index (κ3) is 3.12. The third-order valence-electron chi connectivity index (χ3n) is 5.91. The second-order valence-electron chi connectivity index (χ2n) is 7.68. The number of nitrogens with zero attached hydrogens (tertiary/aromatic N) is 3. The molecule has 1 atom stereocenters. The van der Waals surface area contributed by atoms with Crippen LogP contribution in [0.5, 0.6) is 11.5 Å². The zero-order valence-electron chi connectivity index (χ0n) is 16.0. The van der Waals surface area contributed by atoms with Gasteiger partial charge in [0.1, 0.15) is 5.82 Å². The summed E-state index contributed by atoms with van der Waals surface area (Å²) in [5, 5.41) is 10.7. The molecule has 2 aliphatic heterocycles. The topological polar surface area (TPSA) is 59.8 Å². The van der Waals surface area contributed by atoms with E-state index in [2.05, 4.69) is 34.6 Å². The number of piperidine rings is 1. The number of aryl methyl sites for hydroxylation is 1. The van der Waals surface area contributed by atoms with Crippen molar-refractivity contribution in [1.29, 1.82) is 0 Å². The maximum absolute atomic E-state index is 10.7. The predicted molar refractivity (Wildman–Crippen MR) is 107 cm³/mol. The number of hydrogen-bond acceptors (Lipinski definition) is 5. The second kappa shape index (κ2) is 7.11. The molecule has 1 saturated heterocycles. The molecular formula is C22H25N3O3. The van der Waals surface area contributed by atoms with Gasteiger partial charge < -0.3 is 24.0 Å². The standard InChI is InChI=1S/C22H25N3O3/c1-15-23-18-4-2-3-5-19(18)25(15)17-8-10-24(11-9-17)13-20(26)16-6-7-21-22(12-16)28-14-27-21/h2-7,12,17,20,26H,8-11,13-14H2,1H3. The van der Waals surface area contributed by atoms with Gasteiger partial charge in [0.15, 0.2) is 11.5 Å². The number of benzene rings is 2. The van der Waals surface area contributed by atoms with Gasteiger partial charge in [-0.25, -0.2) is 4.98 Å². The molecule has 0 radical (unpaired) electrons. The Hall–Kier alpha value is -2.57. The Labute approximate surface area is 164 Å². The number of imidazole rings is 1. The van der Waals surface area contributed by atoms with E-state index in [0.717, 1.165) is 54.3 Å². The van der Waals surface area contributed by atoms with Gasteiger partial charge in [0.25, 0.3) is 0 Å². The lowest BCUT2D eigenvalue weighted by atomic mass is 10.0. The van der Waals surface area contributed by atoms with Crippen LogP contribution in [0, 0.1) is 6.92 Å². The molecule has 6 nitrogen and oxygen atoms in total. The molecule has 2 aromatic carbocycles. The maximum Gasteiger partial charge on any atom is 0.231 e. The molecular weight excluding hydrogens is 354 g/mol. The summed E-state index contributed by atoms with van der Waals surface area (Å²) in [6.07, 6.45) is 1.60. The Morgan fingerprint density at radius 3 is 2.75 bits per heavy atom. The number of β-amino-alcohol motifs (C(OH)–C–C–N with tert-alkyl or cyclic N) is 1. The third-order valence-corrected chi connectivity index (χ3v) is 5.91. The molecule has 3 heterocycles. The second-order valence-corrected chi connectivity index (χ2v) is 7.68. The molecule has 28 heavy (non-hydrogen) atoms. The molecule has 1 fully saturated rings. The Morgan fingerprint density at radius 2 is 1.89 bits per heavy atom. The zero-order chi connectivity index (χ0) is 19.1. The number of hydrogen-bond donors (Lipinski definition) is 1. The normalized spacial score (nSPS) is 18.6. The van der Waals surface area contributed by atoms with Crippen molar-refractivity contribution >= 4 is 11.0 Å². The highest BCUT2D eigenvalue weighted by molar-refractivity contribution is 5.76. The van der Waals surface area contributed by atoms with Gasteiger partial charge in [-0.2, -0.15) is 0 Å². The highest BCUT2D eigenvalue weighted by Crippen LogP contribution is 2.35. The fourth-order valence-electron chi connectivity index (χ4n) is 4.46. The molecule has 0 amide bonds. The van der Waals surface area contributed by atoms with Crippen molar-refractivity contribution in [2.45, 2.75) is 31.9 Å². The number of para-hydroxylation sites is 2. The van der Waals surface area contributed by atoms with Crippen LogP contribution in [0.2, 0.25) is 0 Å². The molecule has 0 bridgehead atoms. The Bertz CT molecular complexity index is 992. The van der Waals surface area contributed by atoms with E-state index in [1.807, 2.05) is 24.3 Å². The highest BCUT2D eigenvalue weighted by Gasteiger charge is 2.25. The lowest BCUT2D eigenvalue weighted by molar-refractivity contribution is 0.0906. The first-order chi connectivity index (χ1) is 13.7. The lowest BCUT2D eigenvalue weighted by Crippen LogP contribution is -2.37. The summed E-state index contributed by atoms with van der Waals surface area (Å²) in [6.45, 7) is 4.92. The Kier molecular flexibility index (Phi) is 4.45. The van der Waals surface area contributed by atoms with Crippen LogP contribution in [-0.2, 0) is 0 Å². The number of aromatic nitrogens is 2. The van der Waals surface area contributed by atoms with Crippen LogP contribution in [0.4, 0.5) is 0 Å². The van der Waals surface area contributed by atoms with Crippen molar-refractivity contribution in [2.24, 2.45) is 0 Å². The predicted octanol–water partition coefficient (Wildman–Crippen LogP) is 3.44. The Morgan fingerprint density at radius 1 is 1.11 bits per heavy atom. The van der Waals surface area contributed by atoms with E-state index in [0.29, 0.717) is 12.6 Å². The van der Waals surface area contributed by atoms with Crippen molar-refractivity contribution in [2.75, 3.05) is 26.4 Å². The van der Waals surface area contributed by atoms with Crippen LogP contribution < -0.4 is 9.47 Å². The molecule has 6 heteroatoms. The largest absolute Gasteiger partial charge is 0.454 e. The summed E-state index contributed by atoms with van der Waals surface area (Å²) in [4.78, 5) is 7.06. The van der Waals surface area contributed by atoms with Gasteiger partial charge in [-0.15, -0.1) is 0 Å². The van der Waals surface area contributed by atoms with E-state index in [1.165, 1.54) is 5.52 Å². The first kappa shape index (κ1) is 17.5. The van der Waals surface area contributed by atoms with E-state index >= 15 is 0 Å². The van der Waals surface area contributed by atoms with Gasteiger partial charge in [-0.3, -0.25) is 0 Å². The average Bonchev–Trinajstić information content (AvgIpc) is 3.31. The molecule has 2 aliphatic rings. The van der Waals surface area contributed by atoms with E-state index in [-0.39, 0.29) is 6.79 Å². The van der Waals surface area contributed by atoms with Crippen LogP contribution in [0.1, 0.15) is 36.4 Å². The van der Waals surface area contributed by atoms with Gasteiger partial charge >= 0.3 is 0 Å². The zero-order valence-corrected chi connectivity index (χ0v) is 16.0. The molecule has 1 N–H and O–H groups in total. The van der Waals surface area contributed by atoms with Crippen LogP contribution in [0.15, 0.2) is 42.5 Å². The maximum atomic E-state index is 10.7. The van der Waals surface area contributed by atoms with Crippen molar-refractivity contribution in [3.8, 4) is 11.5 Å². The van der Waals surface area contributed by atoms with Crippen molar-refractivity contribution in [3.05, 3.63) is 53.9 Å². The summed E-state index contributed by atoms with van der Waals surface area (Å²) in [7, 11) is 0. The smallest absolute Gasteiger partial charge is 0.231 e. The van der Waals surface area contributed by atoms with Crippen LogP contribution in [0.25, 0.3) is 11.0 Å². The Balaban J connectivity index is 1.24. The fourth-order valence-corrected chi connectivity index (χ4v) is 4.46. The van der Waals surface area contributed by atoms with E-state index in [4.69, 9.17) is 14.5 Å². The van der Waals surface area contributed by atoms with Gasteiger partial charge in [-0.05, 0) is 49.6 Å². The molecule has 5 rings (SSSR count). The van der Waals surface area contributed by atoms with E-state index in [1.54, 1.807) is 0 Å². The number of likely N-dealkylation sites (tertiary alicyclic amines) is 1. The quantitative estimate of drug-likeness (QED) is 0.752. The van der Waals surface area contributed by atoms with Gasteiger partial charge in [-0.1, -0.05) is 18.2 Å². The van der Waals surface area contributed by atoms with E-state index in [9.17, 15) is 5.11 Å². The van der Waals surface area contributed by atoms with Crippen molar-refractivity contribution in [3.63, 3.8) is 0 Å². The molecule has 1 aromatic heterocycles. The van der Waals surface area contributed by atoms with Gasteiger partial charge in [0.05, 0.1) is 17.1 Å². The van der Waals surface area contributed by atoms with Crippen molar-refractivity contribution in [1.82, 2.24) is 14.5 Å². The highest BCUT2D eigenvalue weighted by atomic mass is 16.7. The minimum absolute atomic E-state index is 0.255. The number of aliphatic hydroxyl groups excluding tert-OH is 1. The molecule has 0 saturated carbocycles. The summed E-state index contributed by atoms with van der Waals surface area (Å²) in [5.41, 5.74) is 3.17. The number of fused-ring (bicyclic) bond motifs is 2. The van der Waals surface area contributed by atoms with Gasteiger partial charge in [0.2, 0.25) is 6.79 Å². The number of aliphatic hydroxyl groups is 1. The van der Waals surface area contributed by atoms with Crippen LogP contribution in [-0.4, -0.2) is 46.0 Å². The molecule has 0 spiro atoms. The summed E-state index contributed by atoms with van der Waals surface area (Å²) in [5.74, 6) is 2.55. The fraction of sp³-hybridized carbons (Fsp3) is 0.409. The first-order valence-electron chi connectivity index (χ1n) is 9.92. The summed E-state index contributed by atoms with van der Waals surface area (Å²) in [6, 6.07) is 14.5. The summed E-state index contributed by atoms with van der Waals surface area (Å²) >= 11 is 0. The van der Waals surface area contributed by atoms with Crippen LogP contribution >= 0.6 is 0 Å². The monoisotopic (exact) mass is 379 g/mol. The SMILES string of the molecule is Cc1nc2ccccc2n1C1CCN(CC(O)c2ccc3c(c2)OCO3)CC1. The number of ether oxygens (including phenoxy) is 2. The van der Waals surface area contributed by atoms with Gasteiger partial charge in [0, 0.05) is 25.7 Å². The lowest BCUT2D eigenvalue weighted by Gasteiger charge is -2.34. The average molecular weight is 379 g/mol. The first-order valence-corrected chi connectivity index (χ1v) is 9.92. The van der Waals surface area contributed by atoms with Crippen molar-refractivity contribution < 1.29 is 14.6 Å². The number of rotatable bonds is 4. The molecule has 3 aromatic rings. The molecule has 1 unspecified atom stereocenters. The minimum Gasteiger partial charge on any atom is -0.454 e. The minimum atomic E-state index is -0.526. The summed E-state index contributed by atoms with van der Waals surface area (Å²) < 4.78 is 13.2. The molecule has 146 valence electrons. The molecule has 0 aliphatic carbocycles.